The van der Waals surface area contributed by atoms with E-state index in [4.69, 9.17) is 0 Å². The number of H-pyrrole nitrogens is 1. The predicted molar refractivity (Wildman–Crippen MR) is 98.5 cm³/mol. The van der Waals surface area contributed by atoms with Gasteiger partial charge in [-0.25, -0.2) is 0 Å². The van der Waals surface area contributed by atoms with Crippen molar-refractivity contribution in [2.75, 3.05) is 13.1 Å². The average Bonchev–Trinajstić information content (AvgIpc) is 2.58. The van der Waals surface area contributed by atoms with Gasteiger partial charge in [-0.2, -0.15) is 0 Å². The van der Waals surface area contributed by atoms with Gasteiger partial charge in [-0.15, -0.1) is 12.4 Å². The zero-order valence-corrected chi connectivity index (χ0v) is 14.5. The molecule has 1 aromatic carbocycles. The topological polar surface area (TPSA) is 74.0 Å². The third kappa shape index (κ3) is 4.82. The van der Waals surface area contributed by atoms with Gasteiger partial charge in [0.15, 0.2) is 0 Å². The zero-order valence-electron chi connectivity index (χ0n) is 13.6. The number of aromatic amines is 1. The number of hydrogen-bond acceptors (Lipinski definition) is 3. The number of nitrogens with one attached hydrogen (secondary N) is 3. The number of hydrogen-bond donors (Lipinski definition) is 3. The number of piperidine rings is 1. The van der Waals surface area contributed by atoms with Crippen molar-refractivity contribution in [3.63, 3.8) is 0 Å². The third-order valence-electron chi connectivity index (χ3n) is 4.55. The number of aromatic nitrogens is 1. The maximum atomic E-state index is 12.1. The van der Waals surface area contributed by atoms with Gasteiger partial charge in [0, 0.05) is 29.9 Å². The van der Waals surface area contributed by atoms with Crippen LogP contribution < -0.4 is 16.2 Å². The summed E-state index contributed by atoms with van der Waals surface area (Å²) in [7, 11) is 0. The molecule has 3 rings (SSSR count). The number of fused-ring (bicyclic) bond motifs is 1. The summed E-state index contributed by atoms with van der Waals surface area (Å²) in [6.07, 6.45) is 3.83. The van der Waals surface area contributed by atoms with E-state index in [1.54, 1.807) is 6.07 Å². The van der Waals surface area contributed by atoms with Crippen LogP contribution in [0.5, 0.6) is 0 Å². The van der Waals surface area contributed by atoms with Gasteiger partial charge in [0.1, 0.15) is 0 Å². The molecule has 0 bridgehead atoms. The van der Waals surface area contributed by atoms with Crippen molar-refractivity contribution >= 4 is 29.2 Å². The summed E-state index contributed by atoms with van der Waals surface area (Å²) < 4.78 is 0. The van der Waals surface area contributed by atoms with Gasteiger partial charge in [-0.1, -0.05) is 18.2 Å². The van der Waals surface area contributed by atoms with Crippen molar-refractivity contribution < 1.29 is 4.79 Å². The number of para-hydroxylation sites is 1. The first-order valence-corrected chi connectivity index (χ1v) is 8.31. The highest BCUT2D eigenvalue weighted by molar-refractivity contribution is 5.85. The molecule has 1 aliphatic rings. The molecule has 2 aromatic rings. The number of pyridine rings is 1. The molecule has 1 aliphatic heterocycles. The highest BCUT2D eigenvalue weighted by Crippen LogP contribution is 2.18. The maximum absolute atomic E-state index is 12.1. The molecule has 1 saturated heterocycles. The summed E-state index contributed by atoms with van der Waals surface area (Å²) in [5.74, 6) is 0.718. The molecule has 1 amide bonds. The molecule has 0 saturated carbocycles. The molecule has 0 unspecified atom stereocenters. The molecule has 1 aromatic heterocycles. The number of halogens is 1. The SMILES string of the molecule is Cl.O=C(CCC1CCNCC1)NCc1cc(=O)[nH]c2ccccc12. The minimum Gasteiger partial charge on any atom is -0.352 e. The molecule has 0 radical (unpaired) electrons. The molecule has 5 nitrogen and oxygen atoms in total. The first kappa shape index (κ1) is 18.5. The van der Waals surface area contributed by atoms with Crippen molar-refractivity contribution in [2.45, 2.75) is 32.2 Å². The molecule has 0 aliphatic carbocycles. The molecule has 0 spiro atoms. The Morgan fingerprint density at radius 2 is 1.96 bits per heavy atom. The number of rotatable bonds is 5. The van der Waals surface area contributed by atoms with Crippen LogP contribution in [0.3, 0.4) is 0 Å². The second-order valence-electron chi connectivity index (χ2n) is 6.21. The number of benzene rings is 1. The van der Waals surface area contributed by atoms with Gasteiger partial charge in [0.2, 0.25) is 11.5 Å². The Labute approximate surface area is 147 Å². The minimum absolute atomic E-state index is 0. The Bertz CT molecular complexity index is 738. The smallest absolute Gasteiger partial charge is 0.248 e. The largest absolute Gasteiger partial charge is 0.352 e. The van der Waals surface area contributed by atoms with Gasteiger partial charge in [0.05, 0.1) is 0 Å². The van der Waals surface area contributed by atoms with E-state index in [0.29, 0.717) is 18.9 Å². The Morgan fingerprint density at radius 3 is 2.75 bits per heavy atom. The fourth-order valence-corrected chi connectivity index (χ4v) is 3.21. The van der Waals surface area contributed by atoms with Crippen molar-refractivity contribution in [1.82, 2.24) is 15.6 Å². The van der Waals surface area contributed by atoms with Crippen molar-refractivity contribution in [3.05, 3.63) is 46.2 Å². The maximum Gasteiger partial charge on any atom is 0.248 e. The third-order valence-corrected chi connectivity index (χ3v) is 4.55. The monoisotopic (exact) mass is 349 g/mol. The Balaban J connectivity index is 0.00000208. The van der Waals surface area contributed by atoms with Crippen LogP contribution >= 0.6 is 12.4 Å². The lowest BCUT2D eigenvalue weighted by molar-refractivity contribution is -0.121. The Kier molecular flexibility index (Phi) is 6.82. The second kappa shape index (κ2) is 8.85. The summed E-state index contributed by atoms with van der Waals surface area (Å²) in [5, 5.41) is 7.27. The van der Waals surface area contributed by atoms with Gasteiger partial charge >= 0.3 is 0 Å². The predicted octanol–water partition coefficient (Wildman–Crippen LogP) is 2.35. The highest BCUT2D eigenvalue weighted by atomic mass is 35.5. The van der Waals surface area contributed by atoms with Crippen LogP contribution in [0.4, 0.5) is 0 Å². The summed E-state index contributed by atoms with van der Waals surface area (Å²) >= 11 is 0. The fraction of sp³-hybridized carbons (Fsp3) is 0.444. The number of carbonyl (C=O) groups is 1. The van der Waals surface area contributed by atoms with Gasteiger partial charge in [-0.05, 0) is 49.9 Å². The lowest BCUT2D eigenvalue weighted by Gasteiger charge is -2.22. The molecule has 6 heteroatoms. The van der Waals surface area contributed by atoms with Crippen LogP contribution in [0.15, 0.2) is 35.1 Å². The number of carbonyl (C=O) groups excluding carboxylic acids is 1. The van der Waals surface area contributed by atoms with Crippen LogP contribution in [0.2, 0.25) is 0 Å². The summed E-state index contributed by atoms with van der Waals surface area (Å²) in [6, 6.07) is 9.22. The average molecular weight is 350 g/mol. The number of amides is 1. The van der Waals surface area contributed by atoms with Crippen molar-refractivity contribution in [1.29, 1.82) is 0 Å². The van der Waals surface area contributed by atoms with E-state index in [1.165, 1.54) is 0 Å². The van der Waals surface area contributed by atoms with E-state index in [1.807, 2.05) is 24.3 Å². The van der Waals surface area contributed by atoms with Crippen LogP contribution in [-0.2, 0) is 11.3 Å². The molecule has 2 heterocycles. The Morgan fingerprint density at radius 1 is 1.21 bits per heavy atom. The zero-order chi connectivity index (χ0) is 16.1. The van der Waals surface area contributed by atoms with Gasteiger partial charge in [0.25, 0.3) is 0 Å². The first-order chi connectivity index (χ1) is 11.2. The molecular weight excluding hydrogens is 326 g/mol. The normalized spacial score (nSPS) is 15.0. The molecule has 0 atom stereocenters. The summed E-state index contributed by atoms with van der Waals surface area (Å²) in [5.41, 5.74) is 1.53. The van der Waals surface area contributed by atoms with Crippen molar-refractivity contribution in [2.24, 2.45) is 5.92 Å². The molecule has 130 valence electrons. The van der Waals surface area contributed by atoms with Crippen LogP contribution in [-0.4, -0.2) is 24.0 Å². The molecule has 3 N–H and O–H groups in total. The lowest BCUT2D eigenvalue weighted by Crippen LogP contribution is -2.29. The van der Waals surface area contributed by atoms with Crippen LogP contribution in [0.25, 0.3) is 10.9 Å². The van der Waals surface area contributed by atoms with E-state index < -0.39 is 0 Å². The Hall–Kier alpha value is -1.85. The summed E-state index contributed by atoms with van der Waals surface area (Å²) in [6.45, 7) is 2.52. The second-order valence-corrected chi connectivity index (χ2v) is 6.21. The van der Waals surface area contributed by atoms with Crippen LogP contribution in [0.1, 0.15) is 31.2 Å². The molecule has 1 fully saturated rings. The summed E-state index contributed by atoms with van der Waals surface area (Å²) in [4.78, 5) is 26.6. The van der Waals surface area contributed by atoms with E-state index >= 15 is 0 Å². The standard InChI is InChI=1S/C18H23N3O2.ClH/c22-17(6-5-13-7-9-19-10-8-13)20-12-14-11-18(23)21-16-4-2-1-3-15(14)16;/h1-4,11,13,19H,5-10,12H2,(H,20,22)(H,21,23);1H. The minimum atomic E-state index is -0.136. The first-order valence-electron chi connectivity index (χ1n) is 8.31. The van der Waals surface area contributed by atoms with E-state index in [9.17, 15) is 9.59 Å². The molecule has 24 heavy (non-hydrogen) atoms. The van der Waals surface area contributed by atoms with E-state index in [2.05, 4.69) is 15.6 Å². The van der Waals surface area contributed by atoms with Crippen molar-refractivity contribution in [3.8, 4) is 0 Å². The quantitative estimate of drug-likeness (QED) is 0.775. The van der Waals surface area contributed by atoms with Gasteiger partial charge in [-0.3, -0.25) is 9.59 Å². The lowest BCUT2D eigenvalue weighted by atomic mass is 9.93. The fourth-order valence-electron chi connectivity index (χ4n) is 3.21. The highest BCUT2D eigenvalue weighted by Gasteiger charge is 2.14. The van der Waals surface area contributed by atoms with E-state index in [-0.39, 0.29) is 23.9 Å². The van der Waals surface area contributed by atoms with Gasteiger partial charge < -0.3 is 15.6 Å². The van der Waals surface area contributed by atoms with Crippen LogP contribution in [0, 0.1) is 5.92 Å². The molecular formula is C18H24ClN3O2. The van der Waals surface area contributed by atoms with E-state index in [0.717, 1.165) is 48.8 Å².